The molecule has 10 heteroatoms. The van der Waals surface area contributed by atoms with Crippen LogP contribution in [0.2, 0.25) is 0 Å². The fourth-order valence-electron chi connectivity index (χ4n) is 1.64. The zero-order chi connectivity index (χ0) is 15.4. The maximum absolute atomic E-state index is 11.7. The minimum Gasteiger partial charge on any atom is -0.480 e. The van der Waals surface area contributed by atoms with E-state index >= 15 is 0 Å². The zero-order valence-electron chi connectivity index (χ0n) is 11.1. The summed E-state index contributed by atoms with van der Waals surface area (Å²) >= 11 is 1.26. The van der Waals surface area contributed by atoms with Crippen molar-refractivity contribution in [1.29, 1.82) is 0 Å². The van der Waals surface area contributed by atoms with E-state index in [4.69, 9.17) is 5.11 Å². The summed E-state index contributed by atoms with van der Waals surface area (Å²) in [6, 6.07) is 0.384. The summed E-state index contributed by atoms with van der Waals surface area (Å²) in [6.07, 6.45) is 1.36. The molecule has 1 unspecified atom stereocenters. The molecule has 2 aromatic heterocycles. The minimum absolute atomic E-state index is 0.177. The van der Waals surface area contributed by atoms with Gasteiger partial charge in [-0.3, -0.25) is 14.7 Å². The summed E-state index contributed by atoms with van der Waals surface area (Å²) in [6.45, 7) is 1.26. The van der Waals surface area contributed by atoms with Crippen LogP contribution in [0.25, 0.3) is 5.78 Å². The van der Waals surface area contributed by atoms with Gasteiger partial charge in [0.25, 0.3) is 11.3 Å². The van der Waals surface area contributed by atoms with Crippen molar-refractivity contribution >= 4 is 29.4 Å². The lowest BCUT2D eigenvalue weighted by Gasteiger charge is -2.12. The number of nitrogens with one attached hydrogen (secondary N) is 2. The second-order valence-corrected chi connectivity index (χ2v) is 5.25. The number of hydrogen-bond acceptors (Lipinski definition) is 6. The van der Waals surface area contributed by atoms with Crippen molar-refractivity contribution in [1.82, 2.24) is 24.9 Å². The Balaban J connectivity index is 1.99. The molecule has 9 nitrogen and oxygen atoms in total. The molecule has 1 amide bonds. The first-order chi connectivity index (χ1) is 9.97. The number of aromatic amines is 1. The van der Waals surface area contributed by atoms with Crippen LogP contribution in [0.3, 0.4) is 0 Å². The third-order valence-electron chi connectivity index (χ3n) is 2.53. The van der Waals surface area contributed by atoms with Gasteiger partial charge in [0.2, 0.25) is 5.91 Å². The van der Waals surface area contributed by atoms with Gasteiger partial charge in [-0.05, 0) is 0 Å². The Bertz CT molecular complexity index is 725. The lowest BCUT2D eigenvalue weighted by atomic mass is 10.3. The molecule has 0 aliphatic carbocycles. The number of nitrogens with zero attached hydrogens (tertiary/aromatic N) is 3. The summed E-state index contributed by atoms with van der Waals surface area (Å²) in [5.74, 6) is -0.723. The van der Waals surface area contributed by atoms with Crippen LogP contribution in [-0.4, -0.2) is 48.4 Å². The first-order valence-electron chi connectivity index (χ1n) is 5.97. The average molecular weight is 311 g/mol. The molecule has 0 aromatic carbocycles. The molecule has 0 aliphatic rings. The molecule has 0 aliphatic heterocycles. The third kappa shape index (κ3) is 3.81. The van der Waals surface area contributed by atoms with E-state index < -0.39 is 17.9 Å². The Hall–Kier alpha value is -2.36. The molecule has 0 spiro atoms. The molecule has 2 aromatic rings. The maximum Gasteiger partial charge on any atom is 0.327 e. The fourth-order valence-corrected chi connectivity index (χ4v) is 2.58. The maximum atomic E-state index is 11.7. The lowest BCUT2D eigenvalue weighted by molar-refractivity contribution is -0.140. The van der Waals surface area contributed by atoms with Crippen LogP contribution in [0.4, 0.5) is 0 Å². The van der Waals surface area contributed by atoms with Crippen molar-refractivity contribution in [3.63, 3.8) is 0 Å². The quantitative estimate of drug-likeness (QED) is 0.639. The molecule has 0 bridgehead atoms. The number of carboxylic acid groups (broad SMARTS) is 1. The van der Waals surface area contributed by atoms with Gasteiger partial charge >= 0.3 is 5.97 Å². The molecule has 21 heavy (non-hydrogen) atoms. The number of rotatable bonds is 6. The summed E-state index contributed by atoms with van der Waals surface area (Å²) < 4.78 is 1.20. The molecule has 1 atom stereocenters. The van der Waals surface area contributed by atoms with Crippen molar-refractivity contribution in [2.45, 2.75) is 18.7 Å². The van der Waals surface area contributed by atoms with Crippen molar-refractivity contribution < 1.29 is 14.7 Å². The third-order valence-corrected chi connectivity index (χ3v) is 3.60. The van der Waals surface area contributed by atoms with Gasteiger partial charge in [0.05, 0.1) is 5.69 Å². The number of carbonyl (C=O) groups excluding carboxylic acids is 1. The van der Waals surface area contributed by atoms with Crippen molar-refractivity contribution in [2.75, 3.05) is 5.75 Å². The van der Waals surface area contributed by atoms with Gasteiger partial charge in [-0.1, -0.05) is 0 Å². The zero-order valence-corrected chi connectivity index (χ0v) is 11.9. The van der Waals surface area contributed by atoms with Crippen LogP contribution in [0.5, 0.6) is 0 Å². The van der Waals surface area contributed by atoms with Crippen molar-refractivity contribution in [3.8, 4) is 0 Å². The van der Waals surface area contributed by atoms with Gasteiger partial charge in [0, 0.05) is 24.5 Å². The van der Waals surface area contributed by atoms with E-state index in [2.05, 4.69) is 20.4 Å². The number of amides is 1. The predicted molar refractivity (Wildman–Crippen MR) is 75.0 cm³/mol. The monoisotopic (exact) mass is 311 g/mol. The molecule has 0 fully saturated rings. The van der Waals surface area contributed by atoms with Crippen LogP contribution < -0.4 is 10.9 Å². The summed E-state index contributed by atoms with van der Waals surface area (Å²) in [4.78, 5) is 41.6. The molecule has 0 saturated heterocycles. The normalized spacial score (nSPS) is 12.2. The van der Waals surface area contributed by atoms with Gasteiger partial charge in [-0.15, -0.1) is 0 Å². The Morgan fingerprint density at radius 1 is 1.57 bits per heavy atom. The summed E-state index contributed by atoms with van der Waals surface area (Å²) in [5.41, 5.74) is 0.216. The van der Waals surface area contributed by atoms with E-state index in [0.717, 1.165) is 0 Å². The first-order valence-corrected chi connectivity index (χ1v) is 7.12. The van der Waals surface area contributed by atoms with Crippen LogP contribution in [0.15, 0.2) is 17.2 Å². The SMILES string of the molecule is CC(=O)NC(CSCc1cc(=O)n2[nH]cnc2n1)C(=O)O. The highest BCUT2D eigenvalue weighted by Gasteiger charge is 2.18. The highest BCUT2D eigenvalue weighted by atomic mass is 32.2. The van der Waals surface area contributed by atoms with Gasteiger partial charge in [-0.25, -0.2) is 14.8 Å². The smallest absolute Gasteiger partial charge is 0.327 e. The van der Waals surface area contributed by atoms with E-state index in [1.165, 1.54) is 35.6 Å². The van der Waals surface area contributed by atoms with E-state index in [9.17, 15) is 14.4 Å². The second kappa shape index (κ2) is 6.39. The molecular weight excluding hydrogens is 298 g/mol. The van der Waals surface area contributed by atoms with Crippen LogP contribution in [-0.2, 0) is 15.3 Å². The summed E-state index contributed by atoms with van der Waals surface area (Å²) in [7, 11) is 0. The van der Waals surface area contributed by atoms with E-state index in [1.807, 2.05) is 0 Å². The predicted octanol–water partition coefficient (Wildman–Crippen LogP) is -0.760. The Labute approximate surface area is 122 Å². The topological polar surface area (TPSA) is 129 Å². The number of thioether (sulfide) groups is 1. The molecule has 2 heterocycles. The average Bonchev–Trinajstić information content (AvgIpc) is 2.85. The minimum atomic E-state index is -1.10. The van der Waals surface area contributed by atoms with Crippen molar-refractivity contribution in [2.24, 2.45) is 0 Å². The number of carbonyl (C=O) groups is 2. The Morgan fingerprint density at radius 2 is 2.33 bits per heavy atom. The highest BCUT2D eigenvalue weighted by molar-refractivity contribution is 7.98. The van der Waals surface area contributed by atoms with Crippen molar-refractivity contribution in [3.05, 3.63) is 28.4 Å². The molecular formula is C11H13N5O4S. The molecule has 112 valence electrons. The molecule has 0 radical (unpaired) electrons. The molecule has 2 rings (SSSR count). The number of aromatic nitrogens is 4. The Kier molecular flexibility index (Phi) is 4.58. The van der Waals surface area contributed by atoms with Crippen LogP contribution in [0, 0.1) is 0 Å². The largest absolute Gasteiger partial charge is 0.480 e. The van der Waals surface area contributed by atoms with E-state index in [-0.39, 0.29) is 17.1 Å². The van der Waals surface area contributed by atoms with E-state index in [1.54, 1.807) is 0 Å². The number of aliphatic carboxylic acids is 1. The highest BCUT2D eigenvalue weighted by Crippen LogP contribution is 2.11. The number of fused-ring (bicyclic) bond motifs is 1. The van der Waals surface area contributed by atoms with Crippen LogP contribution in [0.1, 0.15) is 12.6 Å². The lowest BCUT2D eigenvalue weighted by Crippen LogP contribution is -2.41. The first kappa shape index (κ1) is 15.0. The molecule has 0 saturated carbocycles. The summed E-state index contributed by atoms with van der Waals surface area (Å²) in [5, 5.41) is 13.9. The van der Waals surface area contributed by atoms with Gasteiger partial charge < -0.3 is 10.4 Å². The molecule has 3 N–H and O–H groups in total. The number of carboxylic acids is 1. The number of hydrogen-bond donors (Lipinski definition) is 3. The standard InChI is InChI=1S/C11H13N5O4S/c1-6(17)14-8(10(19)20)4-21-3-7-2-9(18)16-11(15-7)12-5-13-16/h2,5,8H,3-4H2,1H3,(H,14,17)(H,19,20)(H,12,13,15). The second-order valence-electron chi connectivity index (χ2n) is 4.21. The van der Waals surface area contributed by atoms with Gasteiger partial charge in [-0.2, -0.15) is 16.3 Å². The van der Waals surface area contributed by atoms with Gasteiger partial charge in [0.15, 0.2) is 0 Å². The van der Waals surface area contributed by atoms with Gasteiger partial charge in [0.1, 0.15) is 12.4 Å². The van der Waals surface area contributed by atoms with Crippen LogP contribution >= 0.6 is 11.8 Å². The Morgan fingerprint density at radius 3 is 3.00 bits per heavy atom. The fraction of sp³-hybridized carbons (Fsp3) is 0.364. The number of H-pyrrole nitrogens is 1. The van der Waals surface area contributed by atoms with E-state index in [0.29, 0.717) is 11.4 Å².